The molecule has 0 spiro atoms. The zero-order valence-electron chi connectivity index (χ0n) is 33.7. The van der Waals surface area contributed by atoms with Gasteiger partial charge in [-0.05, 0) is 80.2 Å². The van der Waals surface area contributed by atoms with Gasteiger partial charge in [0.15, 0.2) is 0 Å². The molecule has 3 aliphatic rings. The van der Waals surface area contributed by atoms with Crippen LogP contribution in [0, 0.1) is 17.8 Å². The van der Waals surface area contributed by atoms with E-state index < -0.39 is 29.9 Å². The standard InChI is InChI=1S/C44H61N3O10/c1-5-21-47(43(51)54-26-25-53-30-31-15-9-8-10-16-31)39-29-37(46-52-4)35-27-32(17-11-13-22-48)34(18-12-14-23-49)40-36-28-33(56-42(50)45-7-3)19-20-38(36)57-44(39,41(35)40)55-24-6-2/h6,8-10,15-16,19-20,27-28,32,34,39-41,48-49H,2,5,7,11-14,17-18,21-26,29-30H2,1,3-4H3,(H,45,50). The lowest BCUT2D eigenvalue weighted by Gasteiger charge is -2.59. The molecule has 2 aromatic rings. The number of hydrogen-bond acceptors (Lipinski definition) is 11. The lowest BCUT2D eigenvalue weighted by molar-refractivity contribution is -0.255. The number of rotatable bonds is 22. The highest BCUT2D eigenvalue weighted by Crippen LogP contribution is 2.62. The maximum atomic E-state index is 14.3. The van der Waals surface area contributed by atoms with Gasteiger partial charge in [0.2, 0.25) is 5.79 Å². The minimum atomic E-state index is -1.42. The van der Waals surface area contributed by atoms with Crippen LogP contribution in [0.3, 0.4) is 0 Å². The summed E-state index contributed by atoms with van der Waals surface area (Å²) >= 11 is 0. The zero-order valence-corrected chi connectivity index (χ0v) is 33.7. The molecule has 1 heterocycles. The first kappa shape index (κ1) is 43.7. The molecule has 0 saturated heterocycles. The Bertz CT molecular complexity index is 1670. The normalized spacial score (nSPS) is 24.0. The number of nitrogens with zero attached hydrogens (tertiary/aromatic N) is 2. The lowest BCUT2D eigenvalue weighted by Crippen LogP contribution is -2.70. The second kappa shape index (κ2) is 21.9. The number of aliphatic hydroxyl groups excluding tert-OH is 2. The Morgan fingerprint density at radius 1 is 1.05 bits per heavy atom. The number of carbonyl (C=O) groups excluding carboxylic acids is 2. The zero-order chi connectivity index (χ0) is 40.6. The third-order valence-corrected chi connectivity index (χ3v) is 11.0. The third kappa shape index (κ3) is 10.6. The van der Waals surface area contributed by atoms with Gasteiger partial charge in [0.05, 0.1) is 31.5 Å². The Balaban J connectivity index is 1.62. The summed E-state index contributed by atoms with van der Waals surface area (Å²) in [5.41, 5.74) is 3.47. The van der Waals surface area contributed by atoms with Crippen molar-refractivity contribution in [1.29, 1.82) is 0 Å². The van der Waals surface area contributed by atoms with Crippen LogP contribution in [0.15, 0.2) is 78.0 Å². The summed E-state index contributed by atoms with van der Waals surface area (Å²) in [7, 11) is 1.51. The third-order valence-electron chi connectivity index (χ3n) is 11.0. The minimum absolute atomic E-state index is 0.0222. The molecule has 13 heteroatoms. The van der Waals surface area contributed by atoms with Gasteiger partial charge in [-0.2, -0.15) is 0 Å². The lowest BCUT2D eigenvalue weighted by atomic mass is 9.55. The fourth-order valence-electron chi connectivity index (χ4n) is 8.76. The Labute approximate surface area is 337 Å². The molecule has 0 radical (unpaired) electrons. The van der Waals surface area contributed by atoms with Crippen LogP contribution < -0.4 is 14.8 Å². The molecule has 1 fully saturated rings. The molecule has 0 bridgehead atoms. The summed E-state index contributed by atoms with van der Waals surface area (Å²) in [5.74, 6) is -1.16. The first-order valence-corrected chi connectivity index (χ1v) is 20.5. The highest BCUT2D eigenvalue weighted by molar-refractivity contribution is 6.03. The first-order chi connectivity index (χ1) is 27.8. The molecule has 2 amide bonds. The van der Waals surface area contributed by atoms with Crippen molar-refractivity contribution in [2.75, 3.05) is 53.2 Å². The second-order valence-corrected chi connectivity index (χ2v) is 14.7. The monoisotopic (exact) mass is 791 g/mol. The van der Waals surface area contributed by atoms with Crippen molar-refractivity contribution in [3.8, 4) is 11.5 Å². The Kier molecular flexibility index (Phi) is 16.8. The van der Waals surface area contributed by atoms with E-state index in [2.05, 4.69) is 23.1 Å². The number of oxime groups is 1. The number of fused-ring (bicyclic) bond motifs is 2. The topological polar surface area (TPSA) is 158 Å². The quantitative estimate of drug-likeness (QED) is 0.0637. The first-order valence-electron chi connectivity index (χ1n) is 20.5. The Morgan fingerprint density at radius 3 is 2.53 bits per heavy atom. The number of unbranched alkanes of at least 4 members (excludes halogenated alkanes) is 2. The van der Waals surface area contributed by atoms with Gasteiger partial charge < -0.3 is 44.1 Å². The van der Waals surface area contributed by atoms with Gasteiger partial charge in [-0.1, -0.05) is 67.4 Å². The van der Waals surface area contributed by atoms with E-state index in [9.17, 15) is 19.8 Å². The van der Waals surface area contributed by atoms with Crippen molar-refractivity contribution in [3.63, 3.8) is 0 Å². The fourth-order valence-corrected chi connectivity index (χ4v) is 8.76. The average Bonchev–Trinajstić information content (AvgIpc) is 3.21. The van der Waals surface area contributed by atoms with E-state index in [0.717, 1.165) is 42.4 Å². The van der Waals surface area contributed by atoms with Crippen LogP contribution in [0.1, 0.15) is 82.3 Å². The molecule has 6 atom stereocenters. The van der Waals surface area contributed by atoms with E-state index in [0.29, 0.717) is 56.2 Å². The van der Waals surface area contributed by atoms with Crippen LogP contribution in [0.25, 0.3) is 0 Å². The predicted molar refractivity (Wildman–Crippen MR) is 216 cm³/mol. The number of carbonyl (C=O) groups is 2. The summed E-state index contributed by atoms with van der Waals surface area (Å²) in [6, 6.07) is 14.5. The van der Waals surface area contributed by atoms with Crippen LogP contribution >= 0.6 is 0 Å². The van der Waals surface area contributed by atoms with Gasteiger partial charge in [-0.3, -0.25) is 4.90 Å². The van der Waals surface area contributed by atoms with Crippen LogP contribution in [0.4, 0.5) is 9.59 Å². The number of ether oxygens (including phenoxy) is 5. The Hall–Kier alpha value is -4.43. The van der Waals surface area contributed by atoms with Gasteiger partial charge >= 0.3 is 12.2 Å². The molecule has 57 heavy (non-hydrogen) atoms. The number of amides is 2. The van der Waals surface area contributed by atoms with Gasteiger partial charge in [0, 0.05) is 44.2 Å². The fraction of sp³-hybridized carbons (Fsp3) is 0.568. The molecule has 13 nitrogen and oxygen atoms in total. The van der Waals surface area contributed by atoms with Crippen LogP contribution in [-0.2, 0) is 25.7 Å². The molecule has 1 saturated carbocycles. The van der Waals surface area contributed by atoms with E-state index in [4.69, 9.17) is 28.5 Å². The largest absolute Gasteiger partial charge is 0.459 e. The average molecular weight is 792 g/mol. The highest BCUT2D eigenvalue weighted by atomic mass is 16.7. The van der Waals surface area contributed by atoms with E-state index in [1.807, 2.05) is 56.3 Å². The molecular weight excluding hydrogens is 730 g/mol. The van der Waals surface area contributed by atoms with Crippen molar-refractivity contribution in [3.05, 3.63) is 84.0 Å². The van der Waals surface area contributed by atoms with Crippen molar-refractivity contribution in [2.45, 2.75) is 89.6 Å². The van der Waals surface area contributed by atoms with Crippen molar-refractivity contribution in [2.24, 2.45) is 22.9 Å². The molecule has 312 valence electrons. The smallest absolute Gasteiger partial charge is 0.412 e. The van der Waals surface area contributed by atoms with Crippen molar-refractivity contribution >= 4 is 17.9 Å². The molecule has 0 aromatic heterocycles. The summed E-state index contributed by atoms with van der Waals surface area (Å²) in [5, 5.41) is 26.9. The van der Waals surface area contributed by atoms with Crippen molar-refractivity contribution < 1.29 is 48.3 Å². The van der Waals surface area contributed by atoms with Gasteiger partial charge in [-0.15, -0.1) is 6.58 Å². The summed E-state index contributed by atoms with van der Waals surface area (Å²) in [6.07, 6.45) is 8.24. The highest BCUT2D eigenvalue weighted by Gasteiger charge is 2.65. The number of hydrogen-bond donors (Lipinski definition) is 3. The van der Waals surface area contributed by atoms with Crippen LogP contribution in [0.5, 0.6) is 11.5 Å². The van der Waals surface area contributed by atoms with Gasteiger partial charge in [-0.25, -0.2) is 9.59 Å². The second-order valence-electron chi connectivity index (χ2n) is 14.7. The number of allylic oxidation sites excluding steroid dienone is 1. The SMILES string of the molecule is C=CCOC12Oc3ccc(OC(=O)NCC)cc3C3C(CCCCO)C(CCCCO)C=C(C(=NOC)CC1N(CCC)C(=O)OCCOCc1ccccc1)C32. The maximum absolute atomic E-state index is 14.3. The van der Waals surface area contributed by atoms with E-state index in [-0.39, 0.29) is 57.2 Å². The molecule has 2 aromatic carbocycles. The molecular formula is C44H61N3O10. The molecule has 5 rings (SSSR count). The summed E-state index contributed by atoms with van der Waals surface area (Å²) < 4.78 is 31.6. The molecule has 2 aliphatic carbocycles. The molecule has 3 N–H and O–H groups in total. The van der Waals surface area contributed by atoms with E-state index >= 15 is 0 Å². The predicted octanol–water partition coefficient (Wildman–Crippen LogP) is 7.12. The maximum Gasteiger partial charge on any atom is 0.412 e. The Morgan fingerprint density at radius 2 is 1.82 bits per heavy atom. The van der Waals surface area contributed by atoms with E-state index in [1.165, 1.54) is 7.11 Å². The number of benzene rings is 2. The van der Waals surface area contributed by atoms with Gasteiger partial charge in [0.25, 0.3) is 0 Å². The van der Waals surface area contributed by atoms with Crippen LogP contribution in [0.2, 0.25) is 0 Å². The van der Waals surface area contributed by atoms with Gasteiger partial charge in [0.1, 0.15) is 31.3 Å². The summed E-state index contributed by atoms with van der Waals surface area (Å²) in [6.45, 7) is 9.55. The van der Waals surface area contributed by atoms with E-state index in [1.54, 1.807) is 17.0 Å². The number of nitrogens with one attached hydrogen (secondary N) is 1. The molecule has 6 unspecified atom stereocenters. The summed E-state index contributed by atoms with van der Waals surface area (Å²) in [4.78, 5) is 34.1. The van der Waals surface area contributed by atoms with Crippen LogP contribution in [-0.4, -0.2) is 98.1 Å². The minimum Gasteiger partial charge on any atom is -0.459 e. The number of aliphatic hydroxyl groups is 2. The van der Waals surface area contributed by atoms with Crippen molar-refractivity contribution in [1.82, 2.24) is 10.2 Å². The molecule has 1 aliphatic heterocycles.